The molecule has 0 radical (unpaired) electrons. The van der Waals surface area contributed by atoms with Crippen molar-refractivity contribution in [1.82, 2.24) is 24.4 Å². The fraction of sp³-hybridized carbons (Fsp3) is 0.625. The number of nitrogens with one attached hydrogen (secondary N) is 1. The molecule has 2 aromatic heterocycles. The molecule has 134 valence electrons. The van der Waals surface area contributed by atoms with Gasteiger partial charge in [-0.2, -0.15) is 4.98 Å². The summed E-state index contributed by atoms with van der Waals surface area (Å²) in [6.45, 7) is 2.10. The molecule has 1 aliphatic heterocycles. The van der Waals surface area contributed by atoms with Crippen LogP contribution in [0, 0.1) is 11.8 Å². The summed E-state index contributed by atoms with van der Waals surface area (Å²) in [5.41, 5.74) is 0.376. The minimum absolute atomic E-state index is 0.0330. The first-order valence-electron chi connectivity index (χ1n) is 8.45. The number of aromatic amines is 1. The Bertz CT molecular complexity index is 856. The van der Waals surface area contributed by atoms with Crippen LogP contribution in [-0.4, -0.2) is 62.2 Å². The second-order valence-corrected chi connectivity index (χ2v) is 7.16. The first-order chi connectivity index (χ1) is 11.9. The highest BCUT2D eigenvalue weighted by Crippen LogP contribution is 2.46. The summed E-state index contributed by atoms with van der Waals surface area (Å²) >= 11 is 0. The molecule has 2 aliphatic rings. The third-order valence-corrected chi connectivity index (χ3v) is 5.02. The van der Waals surface area contributed by atoms with Gasteiger partial charge < -0.3 is 14.7 Å². The van der Waals surface area contributed by atoms with Crippen molar-refractivity contribution in [3.8, 4) is 0 Å². The van der Waals surface area contributed by atoms with Crippen LogP contribution in [0.3, 0.4) is 0 Å². The van der Waals surface area contributed by atoms with Gasteiger partial charge in [-0.05, 0) is 12.3 Å². The van der Waals surface area contributed by atoms with Crippen LogP contribution in [-0.2, 0) is 4.74 Å². The maximum atomic E-state index is 12.2. The standard InChI is InChI=1S/C16H22N6O3/c1-8-4-10(23)9-5-11(25-13(8)9)22-7-17-12-14(22)19-16(20-15(12)24)18-6-21(2)3/h6-11,13,23H,4-5H2,1-3H3,(H,19,20,24)/t8-,9+,10-,11-,13-/m1/s1. The predicted molar refractivity (Wildman–Crippen MR) is 91.8 cm³/mol. The summed E-state index contributed by atoms with van der Waals surface area (Å²) in [5.74, 6) is 0.654. The third-order valence-electron chi connectivity index (χ3n) is 5.02. The summed E-state index contributed by atoms with van der Waals surface area (Å²) in [6.07, 6.45) is 4.02. The van der Waals surface area contributed by atoms with E-state index in [9.17, 15) is 9.90 Å². The molecule has 2 aromatic rings. The summed E-state index contributed by atoms with van der Waals surface area (Å²) in [5, 5.41) is 10.2. The van der Waals surface area contributed by atoms with Gasteiger partial charge in [0.05, 0.1) is 24.9 Å². The van der Waals surface area contributed by atoms with Crippen LogP contribution in [0.5, 0.6) is 0 Å². The summed E-state index contributed by atoms with van der Waals surface area (Å²) in [4.78, 5) is 29.4. The first kappa shape index (κ1) is 16.2. The Morgan fingerprint density at radius 3 is 3.00 bits per heavy atom. The van der Waals surface area contributed by atoms with Gasteiger partial charge in [0.15, 0.2) is 11.2 Å². The Kier molecular flexibility index (Phi) is 3.84. The molecule has 0 aromatic carbocycles. The van der Waals surface area contributed by atoms with Crippen molar-refractivity contribution in [3.63, 3.8) is 0 Å². The number of H-pyrrole nitrogens is 1. The maximum absolute atomic E-state index is 12.2. The van der Waals surface area contributed by atoms with E-state index in [2.05, 4.69) is 26.9 Å². The Hall–Kier alpha value is -2.26. The van der Waals surface area contributed by atoms with Crippen molar-refractivity contribution in [2.24, 2.45) is 16.8 Å². The van der Waals surface area contributed by atoms with Gasteiger partial charge in [-0.25, -0.2) is 9.98 Å². The summed E-state index contributed by atoms with van der Waals surface area (Å²) in [6, 6.07) is 0. The molecule has 2 fully saturated rings. The Labute approximate surface area is 144 Å². The van der Waals surface area contributed by atoms with Crippen LogP contribution >= 0.6 is 0 Å². The molecule has 1 aliphatic carbocycles. The number of imidazole rings is 1. The quantitative estimate of drug-likeness (QED) is 0.624. The van der Waals surface area contributed by atoms with E-state index in [1.54, 1.807) is 22.1 Å². The molecule has 5 atom stereocenters. The number of ether oxygens (including phenoxy) is 1. The van der Waals surface area contributed by atoms with E-state index >= 15 is 0 Å². The van der Waals surface area contributed by atoms with Gasteiger partial charge in [-0.3, -0.25) is 14.3 Å². The molecule has 4 rings (SSSR count). The highest BCUT2D eigenvalue weighted by molar-refractivity contribution is 5.71. The van der Waals surface area contributed by atoms with E-state index in [1.165, 1.54) is 0 Å². The van der Waals surface area contributed by atoms with Crippen molar-refractivity contribution in [1.29, 1.82) is 0 Å². The van der Waals surface area contributed by atoms with Crippen LogP contribution in [0.4, 0.5) is 5.95 Å². The van der Waals surface area contributed by atoms with Crippen molar-refractivity contribution < 1.29 is 9.84 Å². The number of hydrogen-bond acceptors (Lipinski definition) is 6. The molecular weight excluding hydrogens is 324 g/mol. The van der Waals surface area contributed by atoms with Crippen LogP contribution in [0.25, 0.3) is 11.2 Å². The number of hydrogen-bond donors (Lipinski definition) is 2. The monoisotopic (exact) mass is 346 g/mol. The number of nitrogens with zero attached hydrogens (tertiary/aromatic N) is 5. The van der Waals surface area contributed by atoms with E-state index in [0.717, 1.165) is 6.42 Å². The lowest BCUT2D eigenvalue weighted by molar-refractivity contribution is -0.0178. The fourth-order valence-corrected chi connectivity index (χ4v) is 3.86. The largest absolute Gasteiger partial charge is 0.393 e. The van der Waals surface area contributed by atoms with Crippen molar-refractivity contribution >= 4 is 23.5 Å². The second kappa shape index (κ2) is 5.92. The zero-order valence-corrected chi connectivity index (χ0v) is 14.5. The number of aliphatic hydroxyl groups is 1. The minimum atomic E-state index is -0.337. The SMILES string of the molecule is C[C@@H]1C[C@@H](O)[C@@H]2C[C@H](n3cnc4c(=O)[nH]c(N=CN(C)C)nc43)O[C@@H]21. The van der Waals surface area contributed by atoms with E-state index in [0.29, 0.717) is 18.0 Å². The average molecular weight is 346 g/mol. The molecule has 0 unspecified atom stereocenters. The van der Waals surface area contributed by atoms with Gasteiger partial charge in [0.1, 0.15) is 6.23 Å². The molecule has 9 heteroatoms. The minimum Gasteiger partial charge on any atom is -0.393 e. The van der Waals surface area contributed by atoms with Crippen molar-refractivity contribution in [2.75, 3.05) is 14.1 Å². The molecule has 0 spiro atoms. The molecule has 3 heterocycles. The molecule has 25 heavy (non-hydrogen) atoms. The van der Waals surface area contributed by atoms with E-state index in [1.807, 2.05) is 14.1 Å². The van der Waals surface area contributed by atoms with Crippen LogP contribution < -0.4 is 5.56 Å². The van der Waals surface area contributed by atoms with Gasteiger partial charge in [0.2, 0.25) is 5.95 Å². The molecular formula is C16H22N6O3. The highest BCUT2D eigenvalue weighted by atomic mass is 16.5. The van der Waals surface area contributed by atoms with Crippen LogP contribution in [0.1, 0.15) is 26.0 Å². The van der Waals surface area contributed by atoms with E-state index in [-0.39, 0.29) is 41.4 Å². The molecule has 1 saturated heterocycles. The second-order valence-electron chi connectivity index (χ2n) is 7.16. The Morgan fingerprint density at radius 1 is 1.48 bits per heavy atom. The highest BCUT2D eigenvalue weighted by Gasteiger charge is 2.48. The molecule has 0 bridgehead atoms. The van der Waals surface area contributed by atoms with Crippen LogP contribution in [0.2, 0.25) is 0 Å². The number of aliphatic hydroxyl groups excluding tert-OH is 1. The molecule has 1 saturated carbocycles. The number of rotatable bonds is 3. The Balaban J connectivity index is 1.70. The fourth-order valence-electron chi connectivity index (χ4n) is 3.86. The lowest BCUT2D eigenvalue weighted by Gasteiger charge is -2.17. The Morgan fingerprint density at radius 2 is 2.28 bits per heavy atom. The van der Waals surface area contributed by atoms with Gasteiger partial charge in [0, 0.05) is 26.4 Å². The number of fused-ring (bicyclic) bond motifs is 2. The zero-order valence-electron chi connectivity index (χ0n) is 14.5. The van der Waals surface area contributed by atoms with Gasteiger partial charge >= 0.3 is 0 Å². The van der Waals surface area contributed by atoms with E-state index in [4.69, 9.17) is 4.74 Å². The van der Waals surface area contributed by atoms with Crippen LogP contribution in [0.15, 0.2) is 16.1 Å². The van der Waals surface area contributed by atoms with Gasteiger partial charge in [-0.15, -0.1) is 0 Å². The van der Waals surface area contributed by atoms with Gasteiger partial charge in [-0.1, -0.05) is 6.92 Å². The van der Waals surface area contributed by atoms with E-state index < -0.39 is 0 Å². The van der Waals surface area contributed by atoms with Crippen molar-refractivity contribution in [3.05, 3.63) is 16.7 Å². The maximum Gasteiger partial charge on any atom is 0.280 e. The summed E-state index contributed by atoms with van der Waals surface area (Å²) in [7, 11) is 3.67. The number of aliphatic imine (C=N–C) groups is 1. The lowest BCUT2D eigenvalue weighted by Crippen LogP contribution is -2.19. The topological polar surface area (TPSA) is 109 Å². The first-order valence-corrected chi connectivity index (χ1v) is 8.45. The smallest absolute Gasteiger partial charge is 0.280 e. The number of aromatic nitrogens is 4. The van der Waals surface area contributed by atoms with Crippen molar-refractivity contribution in [2.45, 2.75) is 38.2 Å². The third kappa shape index (κ3) is 2.73. The normalized spacial score (nSPS) is 31.9. The lowest BCUT2D eigenvalue weighted by atomic mass is 10.0. The average Bonchev–Trinajstić information content (AvgIpc) is 3.21. The predicted octanol–water partition coefficient (Wildman–Crippen LogP) is 0.645. The van der Waals surface area contributed by atoms with Gasteiger partial charge in [0.25, 0.3) is 5.56 Å². The molecule has 9 nitrogen and oxygen atoms in total. The zero-order chi connectivity index (χ0) is 17.7. The molecule has 0 amide bonds. The molecule has 2 N–H and O–H groups in total. The summed E-state index contributed by atoms with van der Waals surface area (Å²) < 4.78 is 7.94.